The Morgan fingerprint density at radius 2 is 2.26 bits per heavy atom. The van der Waals surface area contributed by atoms with E-state index in [9.17, 15) is 8.78 Å². The fourth-order valence-corrected chi connectivity index (χ4v) is 3.37. The summed E-state index contributed by atoms with van der Waals surface area (Å²) in [5.74, 6) is -0.773. The van der Waals surface area contributed by atoms with E-state index in [0.29, 0.717) is 17.5 Å². The highest BCUT2D eigenvalue weighted by atomic mass is 32.2. The Hall–Kier alpha value is -0.650. The summed E-state index contributed by atoms with van der Waals surface area (Å²) < 4.78 is 32.3. The summed E-state index contributed by atoms with van der Waals surface area (Å²) in [5, 5.41) is 3.58. The summed E-state index contributed by atoms with van der Waals surface area (Å²) in [7, 11) is 0. The van der Waals surface area contributed by atoms with Gasteiger partial charge in [0.2, 0.25) is 0 Å². The quantitative estimate of drug-likeness (QED) is 0.898. The van der Waals surface area contributed by atoms with Crippen molar-refractivity contribution in [2.24, 2.45) is 0 Å². The van der Waals surface area contributed by atoms with Crippen LogP contribution in [0.3, 0.4) is 0 Å². The second-order valence-electron chi connectivity index (χ2n) is 4.66. The maximum absolute atomic E-state index is 13.7. The van der Waals surface area contributed by atoms with Crippen LogP contribution in [0.1, 0.15) is 19.8 Å². The fraction of sp³-hybridized carbons (Fsp3) is 0.571. The minimum atomic E-state index is -0.404. The highest BCUT2D eigenvalue weighted by Gasteiger charge is 2.27. The zero-order chi connectivity index (χ0) is 13.7. The van der Waals surface area contributed by atoms with E-state index in [0.717, 1.165) is 32.1 Å². The van der Waals surface area contributed by atoms with Crippen molar-refractivity contribution in [3.8, 4) is 0 Å². The third-order valence-corrected chi connectivity index (χ3v) is 4.47. The molecule has 5 heteroatoms. The number of nitrogens with one attached hydrogen (secondary N) is 1. The molecule has 1 aliphatic heterocycles. The smallest absolute Gasteiger partial charge is 0.136 e. The fourth-order valence-electron chi connectivity index (χ4n) is 2.12. The number of halogens is 2. The van der Waals surface area contributed by atoms with Gasteiger partial charge in [0.1, 0.15) is 11.6 Å². The van der Waals surface area contributed by atoms with Crippen LogP contribution in [0.5, 0.6) is 0 Å². The van der Waals surface area contributed by atoms with Crippen LogP contribution in [0, 0.1) is 11.6 Å². The van der Waals surface area contributed by atoms with Gasteiger partial charge in [0.25, 0.3) is 0 Å². The maximum Gasteiger partial charge on any atom is 0.136 e. The van der Waals surface area contributed by atoms with Crippen LogP contribution in [0.25, 0.3) is 0 Å². The van der Waals surface area contributed by atoms with Crippen molar-refractivity contribution in [1.29, 1.82) is 0 Å². The highest BCUT2D eigenvalue weighted by Crippen LogP contribution is 2.31. The third kappa shape index (κ3) is 4.16. The molecule has 2 unspecified atom stereocenters. The zero-order valence-electron chi connectivity index (χ0n) is 11.0. The predicted molar refractivity (Wildman–Crippen MR) is 73.5 cm³/mol. The number of ether oxygens (including phenoxy) is 1. The minimum Gasteiger partial charge on any atom is -0.380 e. The van der Waals surface area contributed by atoms with Crippen molar-refractivity contribution < 1.29 is 13.5 Å². The summed E-state index contributed by atoms with van der Waals surface area (Å²) in [6.07, 6.45) is 1.97. The third-order valence-electron chi connectivity index (χ3n) is 3.13. The van der Waals surface area contributed by atoms with Crippen LogP contribution >= 0.6 is 11.8 Å². The van der Waals surface area contributed by atoms with Crippen molar-refractivity contribution >= 4 is 11.8 Å². The Bertz CT molecular complexity index is 416. The Kier molecular flexibility index (Phi) is 5.60. The van der Waals surface area contributed by atoms with Gasteiger partial charge in [-0.25, -0.2) is 8.78 Å². The molecule has 0 bridgehead atoms. The summed E-state index contributed by atoms with van der Waals surface area (Å²) in [5.41, 5.74) is 0. The number of rotatable bonds is 5. The molecule has 106 valence electrons. The van der Waals surface area contributed by atoms with Gasteiger partial charge in [-0.15, -0.1) is 11.8 Å². The SMILES string of the molecule is CCCNC1CCOCC1Sc1cc(F)ccc1F. The lowest BCUT2D eigenvalue weighted by Crippen LogP contribution is -2.45. The lowest BCUT2D eigenvalue weighted by molar-refractivity contribution is 0.0833. The monoisotopic (exact) mass is 287 g/mol. The molecule has 0 aliphatic carbocycles. The van der Waals surface area contributed by atoms with Gasteiger partial charge < -0.3 is 10.1 Å². The predicted octanol–water partition coefficient (Wildman–Crippen LogP) is 3.21. The maximum atomic E-state index is 13.7. The van der Waals surface area contributed by atoms with Gasteiger partial charge >= 0.3 is 0 Å². The molecule has 1 aliphatic rings. The summed E-state index contributed by atoms with van der Waals surface area (Å²) in [4.78, 5) is 0.360. The summed E-state index contributed by atoms with van der Waals surface area (Å²) >= 11 is 1.36. The van der Waals surface area contributed by atoms with Gasteiger partial charge in [0, 0.05) is 22.8 Å². The van der Waals surface area contributed by atoms with Gasteiger partial charge in [0.05, 0.1) is 6.61 Å². The second kappa shape index (κ2) is 7.22. The average Bonchev–Trinajstić information content (AvgIpc) is 2.42. The minimum absolute atomic E-state index is 0.122. The van der Waals surface area contributed by atoms with Crippen LogP contribution in [-0.2, 0) is 4.74 Å². The Balaban J connectivity index is 2.04. The van der Waals surface area contributed by atoms with E-state index < -0.39 is 5.82 Å². The standard InChI is InChI=1S/C14H19F2NOS/c1-2-6-17-12-5-7-18-9-14(12)19-13-8-10(15)3-4-11(13)16/h3-4,8,12,14,17H,2,5-7,9H2,1H3. The van der Waals surface area contributed by atoms with Gasteiger partial charge in [0.15, 0.2) is 0 Å². The summed E-state index contributed by atoms with van der Waals surface area (Å²) in [6.45, 7) is 4.35. The molecule has 0 saturated carbocycles. The average molecular weight is 287 g/mol. The van der Waals surface area contributed by atoms with E-state index in [1.54, 1.807) is 0 Å². The van der Waals surface area contributed by atoms with Crippen molar-refractivity contribution in [3.05, 3.63) is 29.8 Å². The van der Waals surface area contributed by atoms with Gasteiger partial charge in [-0.2, -0.15) is 0 Å². The zero-order valence-corrected chi connectivity index (χ0v) is 11.8. The lowest BCUT2D eigenvalue weighted by Gasteiger charge is -2.32. The molecule has 1 heterocycles. The van der Waals surface area contributed by atoms with E-state index >= 15 is 0 Å². The van der Waals surface area contributed by atoms with Crippen molar-refractivity contribution in [1.82, 2.24) is 5.32 Å². The number of benzene rings is 1. The van der Waals surface area contributed by atoms with Crippen molar-refractivity contribution in [2.75, 3.05) is 19.8 Å². The molecular formula is C14H19F2NOS. The molecule has 0 radical (unpaired) electrons. The van der Waals surface area contributed by atoms with Gasteiger partial charge in [-0.3, -0.25) is 0 Å². The number of thioether (sulfide) groups is 1. The first-order valence-corrected chi connectivity index (χ1v) is 7.51. The second-order valence-corrected chi connectivity index (χ2v) is 5.94. The Labute approximate surface area is 116 Å². The molecule has 2 atom stereocenters. The van der Waals surface area contributed by atoms with E-state index in [4.69, 9.17) is 4.74 Å². The molecule has 1 aromatic carbocycles. The molecule has 0 amide bonds. The van der Waals surface area contributed by atoms with E-state index in [-0.39, 0.29) is 11.1 Å². The molecule has 1 fully saturated rings. The Morgan fingerprint density at radius 3 is 3.05 bits per heavy atom. The van der Waals surface area contributed by atoms with Gasteiger partial charge in [-0.05, 0) is 37.6 Å². The van der Waals surface area contributed by atoms with Crippen LogP contribution in [0.15, 0.2) is 23.1 Å². The van der Waals surface area contributed by atoms with Crippen LogP contribution in [0.4, 0.5) is 8.78 Å². The van der Waals surface area contributed by atoms with Crippen LogP contribution in [-0.4, -0.2) is 31.1 Å². The topological polar surface area (TPSA) is 21.3 Å². The molecule has 0 aromatic heterocycles. The number of hydrogen-bond donors (Lipinski definition) is 1. The Morgan fingerprint density at radius 1 is 1.42 bits per heavy atom. The van der Waals surface area contributed by atoms with Crippen LogP contribution in [0.2, 0.25) is 0 Å². The van der Waals surface area contributed by atoms with Crippen molar-refractivity contribution in [3.63, 3.8) is 0 Å². The molecule has 1 aromatic rings. The first-order valence-electron chi connectivity index (χ1n) is 6.63. The van der Waals surface area contributed by atoms with E-state index in [1.807, 2.05) is 0 Å². The van der Waals surface area contributed by atoms with E-state index in [1.165, 1.54) is 23.9 Å². The molecule has 2 rings (SSSR count). The molecular weight excluding hydrogens is 268 g/mol. The van der Waals surface area contributed by atoms with E-state index in [2.05, 4.69) is 12.2 Å². The molecule has 19 heavy (non-hydrogen) atoms. The highest BCUT2D eigenvalue weighted by molar-refractivity contribution is 8.00. The normalized spacial score (nSPS) is 23.5. The first kappa shape index (κ1) is 14.8. The molecule has 1 N–H and O–H groups in total. The molecule has 1 saturated heterocycles. The number of hydrogen-bond acceptors (Lipinski definition) is 3. The molecule has 2 nitrogen and oxygen atoms in total. The largest absolute Gasteiger partial charge is 0.380 e. The summed E-state index contributed by atoms with van der Waals surface area (Å²) in [6, 6.07) is 3.87. The first-order chi connectivity index (χ1) is 9.20. The van der Waals surface area contributed by atoms with Crippen LogP contribution < -0.4 is 5.32 Å². The van der Waals surface area contributed by atoms with Gasteiger partial charge in [-0.1, -0.05) is 6.92 Å². The lowest BCUT2D eigenvalue weighted by atomic mass is 10.1. The molecule has 0 spiro atoms. The van der Waals surface area contributed by atoms with Crippen molar-refractivity contribution in [2.45, 2.75) is 36.0 Å².